The van der Waals surface area contributed by atoms with Crippen molar-refractivity contribution in [2.24, 2.45) is 28.2 Å². The molecule has 4 N–H and O–H groups in total. The standard InChI is InChI=1S/4C4H6N2.BF4.BH3O3/c4*1-6-3-2-5-4-6;2-1(3,4)5;2-1(3)4/h4*2-4H,1H3;;2-4H/q;;;;-1;/p+1. The molecule has 0 atom stereocenters. The molecule has 0 aliphatic carbocycles. The van der Waals surface area contributed by atoms with Gasteiger partial charge < -0.3 is 46.0 Å². The molecule has 33 heavy (non-hydrogen) atoms. The largest absolute Gasteiger partial charge is 0.673 e. The van der Waals surface area contributed by atoms with Crippen molar-refractivity contribution in [1.82, 2.24) is 33.6 Å². The molecule has 0 amide bonds. The molecule has 0 unspecified atom stereocenters. The second kappa shape index (κ2) is 19.3. The molecule has 4 rings (SSSR count). The van der Waals surface area contributed by atoms with Gasteiger partial charge in [0.25, 0.3) is 0 Å². The Kier molecular flexibility index (Phi) is 18.5. The zero-order valence-corrected chi connectivity index (χ0v) is 18.6. The zero-order chi connectivity index (χ0) is 25.7. The third-order valence-electron chi connectivity index (χ3n) is 2.59. The van der Waals surface area contributed by atoms with E-state index in [1.807, 2.05) is 83.8 Å². The summed E-state index contributed by atoms with van der Waals surface area (Å²) < 4.78 is 46.6. The number of rotatable bonds is 0. The van der Waals surface area contributed by atoms with E-state index in [1.54, 1.807) is 37.6 Å². The molecule has 0 saturated heterocycles. The lowest BCUT2D eigenvalue weighted by atomic mass is 10.3. The van der Waals surface area contributed by atoms with Crippen LogP contribution in [-0.2, 0) is 28.2 Å². The van der Waals surface area contributed by atoms with Gasteiger partial charge in [0.15, 0.2) is 0 Å². The number of halogens is 4. The molecule has 4 aromatic heterocycles. The van der Waals surface area contributed by atoms with Crippen LogP contribution in [0.3, 0.4) is 0 Å². The molecule has 0 bridgehead atoms. The molecule has 4 aromatic rings. The summed E-state index contributed by atoms with van der Waals surface area (Å²) in [6, 6.07) is 0. The van der Waals surface area contributed by atoms with Gasteiger partial charge in [-0.1, -0.05) is 0 Å². The van der Waals surface area contributed by atoms with Crippen LogP contribution in [0.25, 0.3) is 0 Å². The van der Waals surface area contributed by atoms with Crippen LogP contribution in [-0.4, -0.2) is 63.3 Å². The topological polar surface area (TPSA) is 134 Å². The molecule has 17 heteroatoms. The number of hydrogen-bond donors (Lipinski definition) is 4. The van der Waals surface area contributed by atoms with Gasteiger partial charge in [0, 0.05) is 58.3 Å². The van der Waals surface area contributed by atoms with Crippen LogP contribution < -0.4 is 4.57 Å². The molecule has 0 aliphatic heterocycles. The van der Waals surface area contributed by atoms with Crippen LogP contribution in [0.1, 0.15) is 0 Å². The Hall–Kier alpha value is -3.43. The van der Waals surface area contributed by atoms with Crippen LogP contribution in [0.2, 0.25) is 0 Å². The molecule has 0 aliphatic rings. The number of aromatic amines is 1. The quantitative estimate of drug-likeness (QED) is 0.164. The average Bonchev–Trinajstić information content (AvgIpc) is 3.46. The maximum Gasteiger partial charge on any atom is 0.673 e. The number of hydrogen-bond acceptors (Lipinski definition) is 6. The highest BCUT2D eigenvalue weighted by Gasteiger charge is 2.20. The van der Waals surface area contributed by atoms with Crippen molar-refractivity contribution in [2.75, 3.05) is 0 Å². The fourth-order valence-electron chi connectivity index (χ4n) is 1.34. The highest BCUT2D eigenvalue weighted by Crippen LogP contribution is 2.06. The molecule has 184 valence electrons. The first kappa shape index (κ1) is 31.8. The Labute approximate surface area is 188 Å². The summed E-state index contributed by atoms with van der Waals surface area (Å²) in [6.45, 7) is 0. The minimum absolute atomic E-state index is 1.75. The lowest BCUT2D eigenvalue weighted by molar-refractivity contribution is -0.670. The van der Waals surface area contributed by atoms with E-state index in [1.165, 1.54) is 0 Å². The predicted molar refractivity (Wildman–Crippen MR) is 114 cm³/mol. The number of H-pyrrole nitrogens is 1. The van der Waals surface area contributed by atoms with Crippen molar-refractivity contribution in [3.8, 4) is 0 Å². The first-order valence-corrected chi connectivity index (χ1v) is 8.96. The second-order valence-electron chi connectivity index (χ2n) is 5.80. The number of aromatic nitrogens is 8. The minimum Gasteiger partial charge on any atom is -0.418 e. The van der Waals surface area contributed by atoms with Gasteiger partial charge in [0.2, 0.25) is 6.33 Å². The van der Waals surface area contributed by atoms with E-state index in [2.05, 4.69) is 19.9 Å². The third kappa shape index (κ3) is 33.4. The second-order valence-corrected chi connectivity index (χ2v) is 5.80. The normalized spacial score (nSPS) is 9.06. The maximum absolute atomic E-state index is 9.75. The van der Waals surface area contributed by atoms with Crippen molar-refractivity contribution in [3.63, 3.8) is 0 Å². The lowest BCUT2D eigenvalue weighted by Gasteiger charge is -1.94. The van der Waals surface area contributed by atoms with Crippen LogP contribution in [0, 0.1) is 0 Å². The maximum atomic E-state index is 9.75. The van der Waals surface area contributed by atoms with Crippen LogP contribution in [0.4, 0.5) is 17.3 Å². The summed E-state index contributed by atoms with van der Waals surface area (Å²) in [4.78, 5) is 14.2. The van der Waals surface area contributed by atoms with Crippen molar-refractivity contribution >= 4 is 14.6 Å². The summed E-state index contributed by atoms with van der Waals surface area (Å²) >= 11 is 0. The third-order valence-corrected chi connectivity index (χ3v) is 2.59. The van der Waals surface area contributed by atoms with Gasteiger partial charge in [0.1, 0.15) is 12.4 Å². The molecule has 0 aromatic carbocycles. The zero-order valence-electron chi connectivity index (χ0n) is 18.6. The van der Waals surface area contributed by atoms with Crippen molar-refractivity contribution < 1.29 is 36.9 Å². The average molecular weight is 478 g/mol. The molecular formula is C16H28B2F4N8O3. The number of imidazole rings is 4. The SMILES string of the molecule is C[n+]1cc[nH]c1.Cn1ccnc1.Cn1ccnc1.Cn1ccnc1.F[B-](F)(F)F.OB(O)O. The van der Waals surface area contributed by atoms with Crippen LogP contribution in [0.15, 0.2) is 74.9 Å². The van der Waals surface area contributed by atoms with E-state index in [-0.39, 0.29) is 0 Å². The monoisotopic (exact) mass is 478 g/mol. The van der Waals surface area contributed by atoms with Crippen molar-refractivity contribution in [2.45, 2.75) is 0 Å². The van der Waals surface area contributed by atoms with Gasteiger partial charge in [-0.3, -0.25) is 4.98 Å². The first-order valence-electron chi connectivity index (χ1n) is 8.96. The fraction of sp³-hybridized carbons (Fsp3) is 0.250. The predicted octanol–water partition coefficient (Wildman–Crippen LogP) is 0.348. The Morgan fingerprint density at radius 2 is 1.09 bits per heavy atom. The Morgan fingerprint density at radius 3 is 1.15 bits per heavy atom. The summed E-state index contributed by atoms with van der Waals surface area (Å²) in [6.07, 6.45) is 21.9. The summed E-state index contributed by atoms with van der Waals surface area (Å²) in [5.74, 6) is 0. The number of nitrogens with zero attached hydrogens (tertiary/aromatic N) is 7. The van der Waals surface area contributed by atoms with E-state index in [9.17, 15) is 17.3 Å². The Balaban J connectivity index is 0. The molecule has 4 heterocycles. The number of aryl methyl sites for hydroxylation is 4. The van der Waals surface area contributed by atoms with Gasteiger partial charge in [-0.15, -0.1) is 0 Å². The van der Waals surface area contributed by atoms with E-state index in [0.29, 0.717) is 0 Å². The highest BCUT2D eigenvalue weighted by molar-refractivity contribution is 6.50. The van der Waals surface area contributed by atoms with Crippen LogP contribution >= 0.6 is 0 Å². The van der Waals surface area contributed by atoms with E-state index < -0.39 is 14.6 Å². The summed E-state index contributed by atoms with van der Waals surface area (Å²) in [5, 5.41) is 21.5. The van der Waals surface area contributed by atoms with E-state index >= 15 is 0 Å². The fourth-order valence-corrected chi connectivity index (χ4v) is 1.34. The molecule has 0 saturated carbocycles. The summed E-state index contributed by atoms with van der Waals surface area (Å²) in [5.41, 5.74) is 0. The Bertz CT molecular complexity index is 723. The minimum atomic E-state index is -6.00. The molecule has 0 radical (unpaired) electrons. The van der Waals surface area contributed by atoms with E-state index in [4.69, 9.17) is 15.1 Å². The lowest BCUT2D eigenvalue weighted by Crippen LogP contribution is -2.22. The van der Waals surface area contributed by atoms with Crippen LogP contribution in [0.5, 0.6) is 0 Å². The Morgan fingerprint density at radius 1 is 0.788 bits per heavy atom. The van der Waals surface area contributed by atoms with Gasteiger partial charge in [0.05, 0.1) is 26.0 Å². The van der Waals surface area contributed by atoms with E-state index in [0.717, 1.165) is 0 Å². The van der Waals surface area contributed by atoms with Gasteiger partial charge in [-0.25, -0.2) is 19.5 Å². The van der Waals surface area contributed by atoms with Crippen molar-refractivity contribution in [1.29, 1.82) is 0 Å². The summed E-state index contributed by atoms with van der Waals surface area (Å²) in [7, 11) is -0.385. The number of nitrogens with one attached hydrogen (secondary N) is 1. The molecule has 11 nitrogen and oxygen atoms in total. The van der Waals surface area contributed by atoms with Gasteiger partial charge >= 0.3 is 14.6 Å². The van der Waals surface area contributed by atoms with Crippen molar-refractivity contribution in [3.05, 3.63) is 74.9 Å². The molecule has 0 spiro atoms. The molecule has 0 fully saturated rings. The van der Waals surface area contributed by atoms with Gasteiger partial charge in [-0.2, -0.15) is 0 Å². The molecular weight excluding hydrogens is 450 g/mol. The first-order chi connectivity index (χ1) is 15.3. The smallest absolute Gasteiger partial charge is 0.418 e. The van der Waals surface area contributed by atoms with Gasteiger partial charge in [-0.05, 0) is 0 Å². The highest BCUT2D eigenvalue weighted by atomic mass is 19.5.